The van der Waals surface area contributed by atoms with Crippen molar-refractivity contribution in [2.75, 3.05) is 0 Å². The van der Waals surface area contributed by atoms with E-state index >= 15 is 0 Å². The van der Waals surface area contributed by atoms with Crippen LogP contribution < -0.4 is 0 Å². The second-order valence-electron chi connectivity index (χ2n) is 3.22. The fourth-order valence-electron chi connectivity index (χ4n) is 1.22. The molecule has 4 nitrogen and oxygen atoms in total. The number of nitrogens with zero attached hydrogens (tertiary/aromatic N) is 2. The smallest absolute Gasteiger partial charge is 0.337 e. The highest BCUT2D eigenvalue weighted by atomic mass is 127. The Labute approximate surface area is 126 Å². The number of aromatic nitrogens is 2. The minimum Gasteiger partial charge on any atom is -0.478 e. The molecule has 0 saturated carbocycles. The van der Waals surface area contributed by atoms with E-state index in [1.807, 2.05) is 0 Å². The van der Waals surface area contributed by atoms with E-state index in [0.29, 0.717) is 0 Å². The summed E-state index contributed by atoms with van der Waals surface area (Å²) in [6, 6.07) is 4.87. The van der Waals surface area contributed by atoms with Crippen LogP contribution in [0.1, 0.15) is 10.4 Å². The summed E-state index contributed by atoms with van der Waals surface area (Å²) in [5.41, 5.74) is 0.0886. The van der Waals surface area contributed by atoms with Crippen molar-refractivity contribution in [2.45, 2.75) is 9.92 Å². The summed E-state index contributed by atoms with van der Waals surface area (Å²) in [5, 5.41) is 10.00. The van der Waals surface area contributed by atoms with E-state index in [4.69, 9.17) is 16.7 Å². The molecular formula is C11H6ClIN2O2S. The standard InChI is InChI=1S/C11H6ClIN2O2S/c12-8-2-1-6(3-7(8)11(16)17)18-10-9(13)4-14-5-15-10/h1-5H,(H,16,17). The van der Waals surface area contributed by atoms with E-state index in [2.05, 4.69) is 32.6 Å². The molecule has 1 aromatic carbocycles. The fourth-order valence-corrected chi connectivity index (χ4v) is 2.83. The van der Waals surface area contributed by atoms with Crippen molar-refractivity contribution < 1.29 is 9.90 Å². The summed E-state index contributed by atoms with van der Waals surface area (Å²) in [6.07, 6.45) is 3.16. The Morgan fingerprint density at radius 1 is 1.44 bits per heavy atom. The summed E-state index contributed by atoms with van der Waals surface area (Å²) >= 11 is 9.31. The Morgan fingerprint density at radius 3 is 2.89 bits per heavy atom. The van der Waals surface area contributed by atoms with E-state index in [0.717, 1.165) is 13.5 Å². The maximum Gasteiger partial charge on any atom is 0.337 e. The molecule has 0 bridgehead atoms. The maximum atomic E-state index is 11.0. The number of aromatic carboxylic acids is 1. The van der Waals surface area contributed by atoms with Crippen LogP contribution in [0.3, 0.4) is 0 Å². The van der Waals surface area contributed by atoms with Crippen molar-refractivity contribution in [1.82, 2.24) is 9.97 Å². The van der Waals surface area contributed by atoms with Crippen LogP contribution in [0.2, 0.25) is 5.02 Å². The second kappa shape index (κ2) is 5.85. The molecule has 18 heavy (non-hydrogen) atoms. The minimum atomic E-state index is -1.04. The first-order chi connectivity index (χ1) is 8.58. The fraction of sp³-hybridized carbons (Fsp3) is 0. The summed E-state index contributed by atoms with van der Waals surface area (Å²) < 4.78 is 0.909. The Balaban J connectivity index is 2.33. The zero-order valence-corrected chi connectivity index (χ0v) is 12.5. The molecule has 1 aromatic heterocycles. The van der Waals surface area contributed by atoms with E-state index < -0.39 is 5.97 Å². The van der Waals surface area contributed by atoms with Crippen molar-refractivity contribution >= 4 is 51.9 Å². The zero-order chi connectivity index (χ0) is 13.1. The Hall–Kier alpha value is -0.860. The molecule has 0 saturated heterocycles. The first kappa shape index (κ1) is 13.6. The normalized spacial score (nSPS) is 10.3. The van der Waals surface area contributed by atoms with Gasteiger partial charge >= 0.3 is 5.97 Å². The van der Waals surface area contributed by atoms with Gasteiger partial charge in [-0.2, -0.15) is 0 Å². The quantitative estimate of drug-likeness (QED) is 0.639. The van der Waals surface area contributed by atoms with Crippen molar-refractivity contribution in [3.8, 4) is 0 Å². The topological polar surface area (TPSA) is 63.1 Å². The first-order valence-electron chi connectivity index (χ1n) is 4.74. The molecule has 1 N–H and O–H groups in total. The van der Waals surface area contributed by atoms with Gasteiger partial charge < -0.3 is 5.11 Å². The molecule has 2 rings (SSSR count). The zero-order valence-electron chi connectivity index (χ0n) is 8.80. The van der Waals surface area contributed by atoms with Crippen LogP contribution in [0.25, 0.3) is 0 Å². The van der Waals surface area contributed by atoms with Gasteiger partial charge in [0.15, 0.2) is 0 Å². The van der Waals surface area contributed by atoms with Crippen LogP contribution in [0, 0.1) is 3.57 Å². The van der Waals surface area contributed by atoms with Gasteiger partial charge in [0.25, 0.3) is 0 Å². The van der Waals surface area contributed by atoms with Crippen LogP contribution in [0.4, 0.5) is 0 Å². The van der Waals surface area contributed by atoms with Gasteiger partial charge in [-0.25, -0.2) is 14.8 Å². The van der Waals surface area contributed by atoms with Crippen LogP contribution in [0.15, 0.2) is 40.6 Å². The number of carboxylic acids is 1. The van der Waals surface area contributed by atoms with E-state index in [9.17, 15) is 4.79 Å². The molecule has 0 spiro atoms. The second-order valence-corrected chi connectivity index (χ2v) is 5.86. The van der Waals surface area contributed by atoms with Crippen molar-refractivity contribution in [1.29, 1.82) is 0 Å². The third-order valence-corrected chi connectivity index (χ3v) is 4.51. The summed E-state index contributed by atoms with van der Waals surface area (Å²) in [5.74, 6) is -1.04. The summed E-state index contributed by atoms with van der Waals surface area (Å²) in [4.78, 5) is 19.8. The molecule has 0 unspecified atom stereocenters. The number of carbonyl (C=O) groups is 1. The number of hydrogen-bond donors (Lipinski definition) is 1. The highest BCUT2D eigenvalue weighted by Crippen LogP contribution is 2.31. The van der Waals surface area contributed by atoms with Crippen molar-refractivity contribution in [3.05, 3.63) is 44.9 Å². The third-order valence-electron chi connectivity index (χ3n) is 2.02. The van der Waals surface area contributed by atoms with E-state index in [1.54, 1.807) is 18.3 Å². The SMILES string of the molecule is O=C(O)c1cc(Sc2ncncc2I)ccc1Cl. The highest BCUT2D eigenvalue weighted by molar-refractivity contribution is 14.1. The molecule has 92 valence electrons. The van der Waals surface area contributed by atoms with Crippen molar-refractivity contribution in [2.24, 2.45) is 0 Å². The molecular weight excluding hydrogens is 387 g/mol. The van der Waals surface area contributed by atoms with Gasteiger partial charge in [-0.15, -0.1) is 0 Å². The number of hydrogen-bond acceptors (Lipinski definition) is 4. The Kier molecular flexibility index (Phi) is 4.41. The first-order valence-corrected chi connectivity index (χ1v) is 7.01. The van der Waals surface area contributed by atoms with Crippen LogP contribution in [0.5, 0.6) is 0 Å². The maximum absolute atomic E-state index is 11.0. The van der Waals surface area contributed by atoms with Crippen LogP contribution >= 0.6 is 46.0 Å². The van der Waals surface area contributed by atoms with Gasteiger partial charge in [-0.05, 0) is 40.8 Å². The lowest BCUT2D eigenvalue weighted by atomic mass is 10.2. The number of rotatable bonds is 3. The predicted molar refractivity (Wildman–Crippen MR) is 77.3 cm³/mol. The lowest BCUT2D eigenvalue weighted by Crippen LogP contribution is -1.97. The molecule has 0 aliphatic heterocycles. The van der Waals surface area contributed by atoms with Crippen LogP contribution in [-0.2, 0) is 0 Å². The summed E-state index contributed by atoms with van der Waals surface area (Å²) in [7, 11) is 0. The predicted octanol–water partition coefficient (Wildman–Crippen LogP) is 3.58. The monoisotopic (exact) mass is 392 g/mol. The average Bonchev–Trinajstić information content (AvgIpc) is 2.34. The molecule has 0 aliphatic carbocycles. The number of carboxylic acid groups (broad SMARTS) is 1. The average molecular weight is 393 g/mol. The van der Waals surface area contributed by atoms with E-state index in [-0.39, 0.29) is 10.6 Å². The molecule has 0 amide bonds. The molecule has 2 aromatic rings. The molecule has 0 atom stereocenters. The van der Waals surface area contributed by atoms with Gasteiger partial charge in [-0.1, -0.05) is 23.4 Å². The Bertz CT molecular complexity index is 609. The van der Waals surface area contributed by atoms with E-state index in [1.165, 1.54) is 24.2 Å². The Morgan fingerprint density at radius 2 is 2.22 bits per heavy atom. The largest absolute Gasteiger partial charge is 0.478 e. The molecule has 0 radical (unpaired) electrons. The van der Waals surface area contributed by atoms with Crippen molar-refractivity contribution in [3.63, 3.8) is 0 Å². The lowest BCUT2D eigenvalue weighted by Gasteiger charge is -2.04. The summed E-state index contributed by atoms with van der Waals surface area (Å²) in [6.45, 7) is 0. The van der Waals surface area contributed by atoms with Crippen LogP contribution in [-0.4, -0.2) is 21.0 Å². The number of halogens is 2. The van der Waals surface area contributed by atoms with Gasteiger partial charge in [-0.3, -0.25) is 0 Å². The van der Waals surface area contributed by atoms with Gasteiger partial charge in [0.2, 0.25) is 0 Å². The molecule has 0 fully saturated rings. The highest BCUT2D eigenvalue weighted by Gasteiger charge is 2.11. The lowest BCUT2D eigenvalue weighted by molar-refractivity contribution is 0.0697. The van der Waals surface area contributed by atoms with Gasteiger partial charge in [0.1, 0.15) is 11.4 Å². The van der Waals surface area contributed by atoms with Gasteiger partial charge in [0.05, 0.1) is 14.2 Å². The molecule has 0 aliphatic rings. The molecule has 7 heteroatoms. The third kappa shape index (κ3) is 3.12. The number of benzene rings is 1. The molecule has 1 heterocycles. The minimum absolute atomic E-state index is 0.0886. The van der Waals surface area contributed by atoms with Gasteiger partial charge in [0, 0.05) is 11.1 Å².